The van der Waals surface area contributed by atoms with Gasteiger partial charge in [0.25, 0.3) is 5.91 Å². The Kier molecular flexibility index (Phi) is 4.32. The Hall–Kier alpha value is -1.99. The number of aliphatic hydroxyl groups excluding tert-OH is 2. The number of amides is 1. The Morgan fingerprint density at radius 3 is 3.00 bits per heavy atom. The molecule has 2 aromatic heterocycles. The third-order valence-electron chi connectivity index (χ3n) is 4.78. The van der Waals surface area contributed by atoms with E-state index in [1.165, 1.54) is 0 Å². The van der Waals surface area contributed by atoms with Gasteiger partial charge in [-0.2, -0.15) is 0 Å². The predicted octanol–water partition coefficient (Wildman–Crippen LogP) is 0.715. The number of nitrogens with zero attached hydrogens (tertiary/aromatic N) is 4. The van der Waals surface area contributed by atoms with Gasteiger partial charge in [0.2, 0.25) is 5.78 Å². The zero-order chi connectivity index (χ0) is 16.4. The van der Waals surface area contributed by atoms with E-state index in [9.17, 15) is 15.0 Å². The molecular weight excluding hydrogens is 296 g/mol. The number of carbonyl (C=O) groups excluding carboxylic acids is 1. The number of likely N-dealkylation sites (tertiary alicyclic amines) is 1. The second-order valence-corrected chi connectivity index (χ2v) is 6.24. The van der Waals surface area contributed by atoms with Gasteiger partial charge in [0.1, 0.15) is 5.69 Å². The highest BCUT2D eigenvalue weighted by Gasteiger charge is 2.42. The van der Waals surface area contributed by atoms with Crippen molar-refractivity contribution in [1.29, 1.82) is 0 Å². The van der Waals surface area contributed by atoms with Crippen molar-refractivity contribution in [2.45, 2.75) is 32.3 Å². The van der Waals surface area contributed by atoms with Gasteiger partial charge >= 0.3 is 0 Å². The number of hydrogen-bond donors (Lipinski definition) is 2. The van der Waals surface area contributed by atoms with Crippen molar-refractivity contribution in [2.24, 2.45) is 5.41 Å². The summed E-state index contributed by atoms with van der Waals surface area (Å²) in [5, 5.41) is 20.2. The lowest BCUT2D eigenvalue weighted by molar-refractivity contribution is -0.0714. The molecule has 7 heteroatoms. The van der Waals surface area contributed by atoms with Crippen LogP contribution in [0.2, 0.25) is 0 Å². The van der Waals surface area contributed by atoms with Gasteiger partial charge in [0, 0.05) is 37.1 Å². The number of rotatable bonds is 4. The fraction of sp³-hybridized carbons (Fsp3) is 0.562. The SMILES string of the molecule is CCC[C@]1(CO)CCN(C(=O)c2cn3cccnc3n2)C[C@@H]1O. The summed E-state index contributed by atoms with van der Waals surface area (Å²) in [6, 6.07) is 1.77. The van der Waals surface area contributed by atoms with Gasteiger partial charge in [-0.15, -0.1) is 0 Å². The summed E-state index contributed by atoms with van der Waals surface area (Å²) in [6.45, 7) is 2.71. The van der Waals surface area contributed by atoms with Gasteiger partial charge in [-0.1, -0.05) is 13.3 Å². The summed E-state index contributed by atoms with van der Waals surface area (Å²) in [6.07, 6.45) is 6.58. The molecule has 1 aliphatic heterocycles. The van der Waals surface area contributed by atoms with Crippen LogP contribution in [0.3, 0.4) is 0 Å². The summed E-state index contributed by atoms with van der Waals surface area (Å²) in [5.41, 5.74) is -0.172. The number of piperidine rings is 1. The van der Waals surface area contributed by atoms with Crippen LogP contribution in [0.25, 0.3) is 5.78 Å². The van der Waals surface area contributed by atoms with Crippen LogP contribution in [0.4, 0.5) is 0 Å². The van der Waals surface area contributed by atoms with Crippen LogP contribution in [0.1, 0.15) is 36.7 Å². The van der Waals surface area contributed by atoms with Gasteiger partial charge in [0.15, 0.2) is 0 Å². The summed E-state index contributed by atoms with van der Waals surface area (Å²) >= 11 is 0. The summed E-state index contributed by atoms with van der Waals surface area (Å²) in [5.74, 6) is 0.265. The molecule has 2 aromatic rings. The van der Waals surface area contributed by atoms with Crippen LogP contribution in [-0.4, -0.2) is 61.2 Å². The maximum absolute atomic E-state index is 12.6. The highest BCUT2D eigenvalue weighted by molar-refractivity contribution is 5.92. The Morgan fingerprint density at radius 1 is 1.52 bits per heavy atom. The third kappa shape index (κ3) is 2.82. The molecular formula is C16H22N4O3. The molecule has 1 amide bonds. The van der Waals surface area contributed by atoms with E-state index in [0.29, 0.717) is 24.4 Å². The average molecular weight is 318 g/mol. The highest BCUT2D eigenvalue weighted by Crippen LogP contribution is 2.36. The molecule has 0 aromatic carbocycles. The molecule has 124 valence electrons. The molecule has 0 radical (unpaired) electrons. The van der Waals surface area contributed by atoms with Crippen molar-refractivity contribution < 1.29 is 15.0 Å². The van der Waals surface area contributed by atoms with Crippen molar-refractivity contribution in [2.75, 3.05) is 19.7 Å². The molecule has 0 aliphatic carbocycles. The monoisotopic (exact) mass is 318 g/mol. The number of fused-ring (bicyclic) bond motifs is 1. The Morgan fingerprint density at radius 2 is 2.35 bits per heavy atom. The van der Waals surface area contributed by atoms with Gasteiger partial charge in [-0.05, 0) is 18.9 Å². The first-order valence-corrected chi connectivity index (χ1v) is 7.97. The van der Waals surface area contributed by atoms with Gasteiger partial charge in [-0.25, -0.2) is 9.97 Å². The number of hydrogen-bond acceptors (Lipinski definition) is 5. The third-order valence-corrected chi connectivity index (χ3v) is 4.78. The standard InChI is InChI=1S/C16H22N4O3/c1-2-4-16(11-21)5-8-19(10-13(16)22)14(23)12-9-20-7-3-6-17-15(20)18-12/h3,6-7,9,13,21-22H,2,4-5,8,10-11H2,1H3/t13-,16+/m0/s1. The average Bonchev–Trinajstić information content (AvgIpc) is 3.00. The van der Waals surface area contributed by atoms with E-state index in [2.05, 4.69) is 9.97 Å². The minimum atomic E-state index is -0.722. The molecule has 2 N–H and O–H groups in total. The number of β-amino-alcohol motifs (C(OH)–C–C–N with tert-alkyl or cyclic N) is 1. The topological polar surface area (TPSA) is 91.0 Å². The highest BCUT2D eigenvalue weighted by atomic mass is 16.3. The van der Waals surface area contributed by atoms with Crippen molar-refractivity contribution in [1.82, 2.24) is 19.3 Å². The lowest BCUT2D eigenvalue weighted by atomic mass is 9.73. The lowest BCUT2D eigenvalue weighted by Gasteiger charge is -2.44. The van der Waals surface area contributed by atoms with E-state index in [1.807, 2.05) is 6.92 Å². The molecule has 0 saturated carbocycles. The molecule has 0 spiro atoms. The molecule has 3 rings (SSSR count). The number of carbonyl (C=O) groups is 1. The van der Waals surface area contributed by atoms with E-state index in [-0.39, 0.29) is 19.1 Å². The fourth-order valence-corrected chi connectivity index (χ4v) is 3.35. The normalized spacial score (nSPS) is 25.0. The largest absolute Gasteiger partial charge is 0.396 e. The maximum Gasteiger partial charge on any atom is 0.274 e. The number of aliphatic hydroxyl groups is 2. The summed E-state index contributed by atoms with van der Waals surface area (Å²) in [4.78, 5) is 22.6. The number of imidazole rings is 1. The number of aromatic nitrogens is 3. The maximum atomic E-state index is 12.6. The van der Waals surface area contributed by atoms with Crippen LogP contribution in [-0.2, 0) is 0 Å². The first-order chi connectivity index (χ1) is 11.1. The van der Waals surface area contributed by atoms with E-state index in [1.54, 1.807) is 34.0 Å². The molecule has 1 fully saturated rings. The molecule has 1 aliphatic rings. The smallest absolute Gasteiger partial charge is 0.274 e. The Labute approximate surface area is 134 Å². The summed E-state index contributed by atoms with van der Waals surface area (Å²) < 4.78 is 1.70. The predicted molar refractivity (Wildman–Crippen MR) is 83.9 cm³/mol. The van der Waals surface area contributed by atoms with Crippen molar-refractivity contribution >= 4 is 11.7 Å². The molecule has 0 unspecified atom stereocenters. The van der Waals surface area contributed by atoms with Gasteiger partial charge < -0.3 is 15.1 Å². The van der Waals surface area contributed by atoms with Crippen LogP contribution >= 0.6 is 0 Å². The molecule has 3 heterocycles. The van der Waals surface area contributed by atoms with Crippen LogP contribution in [0.15, 0.2) is 24.7 Å². The molecule has 1 saturated heterocycles. The van der Waals surface area contributed by atoms with Crippen LogP contribution in [0, 0.1) is 5.41 Å². The molecule has 2 atom stereocenters. The molecule has 23 heavy (non-hydrogen) atoms. The van der Waals surface area contributed by atoms with Crippen LogP contribution in [0.5, 0.6) is 0 Å². The minimum Gasteiger partial charge on any atom is -0.396 e. The minimum absolute atomic E-state index is 0.0533. The Bertz CT molecular complexity index is 668. The van der Waals surface area contributed by atoms with Gasteiger partial charge in [-0.3, -0.25) is 9.20 Å². The zero-order valence-electron chi connectivity index (χ0n) is 13.2. The second kappa shape index (κ2) is 6.25. The first kappa shape index (κ1) is 15.9. The lowest BCUT2D eigenvalue weighted by Crippen LogP contribution is -2.54. The van der Waals surface area contributed by atoms with Crippen molar-refractivity contribution in [3.63, 3.8) is 0 Å². The molecule has 7 nitrogen and oxygen atoms in total. The molecule has 0 bridgehead atoms. The van der Waals surface area contributed by atoms with Crippen LogP contribution < -0.4 is 0 Å². The van der Waals surface area contributed by atoms with Crippen molar-refractivity contribution in [3.05, 3.63) is 30.4 Å². The van der Waals surface area contributed by atoms with E-state index < -0.39 is 11.5 Å². The second-order valence-electron chi connectivity index (χ2n) is 6.24. The van der Waals surface area contributed by atoms with E-state index >= 15 is 0 Å². The van der Waals surface area contributed by atoms with E-state index in [4.69, 9.17) is 0 Å². The Balaban J connectivity index is 1.77. The zero-order valence-corrected chi connectivity index (χ0v) is 13.2. The first-order valence-electron chi connectivity index (χ1n) is 7.97. The quantitative estimate of drug-likeness (QED) is 0.866. The summed E-state index contributed by atoms with van der Waals surface area (Å²) in [7, 11) is 0. The van der Waals surface area contributed by atoms with E-state index in [0.717, 1.165) is 12.8 Å². The fourth-order valence-electron chi connectivity index (χ4n) is 3.35. The van der Waals surface area contributed by atoms with Gasteiger partial charge in [0.05, 0.1) is 12.7 Å². The van der Waals surface area contributed by atoms with Crippen molar-refractivity contribution in [3.8, 4) is 0 Å².